The Labute approximate surface area is 89.4 Å². The molecule has 0 amide bonds. The Kier molecular flexibility index (Phi) is 3.98. The third kappa shape index (κ3) is 2.28. The van der Waals surface area contributed by atoms with Gasteiger partial charge in [0.05, 0.1) is 17.3 Å². The maximum atomic E-state index is 9.15. The Bertz CT molecular complexity index is 325. The van der Waals surface area contributed by atoms with E-state index in [0.717, 1.165) is 11.3 Å². The molecule has 1 aromatic carbocycles. The van der Waals surface area contributed by atoms with Crippen LogP contribution in [0.3, 0.4) is 0 Å². The van der Waals surface area contributed by atoms with Crippen molar-refractivity contribution in [3.8, 4) is 0 Å². The van der Waals surface area contributed by atoms with Crippen molar-refractivity contribution >= 4 is 17.3 Å². The van der Waals surface area contributed by atoms with Crippen molar-refractivity contribution in [2.24, 2.45) is 0 Å². The van der Waals surface area contributed by atoms with Gasteiger partial charge in [-0.15, -0.1) is 6.58 Å². The zero-order valence-electron chi connectivity index (χ0n) is 8.20. The van der Waals surface area contributed by atoms with Crippen LogP contribution >= 0.6 is 11.6 Å². The molecule has 0 saturated carbocycles. The molecule has 1 rings (SSSR count). The molecule has 1 aromatic rings. The van der Waals surface area contributed by atoms with Gasteiger partial charge in [0, 0.05) is 19.2 Å². The highest BCUT2D eigenvalue weighted by molar-refractivity contribution is 6.33. The Morgan fingerprint density at radius 2 is 2.29 bits per heavy atom. The molecule has 14 heavy (non-hydrogen) atoms. The lowest BCUT2D eigenvalue weighted by molar-refractivity contribution is 0.282. The van der Waals surface area contributed by atoms with E-state index in [1.807, 2.05) is 30.1 Å². The van der Waals surface area contributed by atoms with Crippen LogP contribution in [0.1, 0.15) is 5.56 Å². The van der Waals surface area contributed by atoms with Crippen LogP contribution in [0.15, 0.2) is 30.9 Å². The van der Waals surface area contributed by atoms with Gasteiger partial charge >= 0.3 is 0 Å². The van der Waals surface area contributed by atoms with Crippen LogP contribution in [0, 0.1) is 0 Å². The molecule has 0 spiro atoms. The van der Waals surface area contributed by atoms with E-state index in [1.54, 1.807) is 6.08 Å². The standard InChI is InChI=1S/C11H14ClNO/c1-3-7-13(2)11-9(8-14)5-4-6-10(11)12/h3-6,14H,1,7-8H2,2H3. The summed E-state index contributed by atoms with van der Waals surface area (Å²) in [5.74, 6) is 0. The second-order valence-corrected chi connectivity index (χ2v) is 3.48. The fourth-order valence-corrected chi connectivity index (χ4v) is 1.74. The molecule has 3 heteroatoms. The Morgan fingerprint density at radius 3 is 2.86 bits per heavy atom. The van der Waals surface area contributed by atoms with Crippen LogP contribution in [-0.2, 0) is 6.61 Å². The Morgan fingerprint density at radius 1 is 1.57 bits per heavy atom. The first kappa shape index (κ1) is 11.1. The molecule has 0 aromatic heterocycles. The van der Waals surface area contributed by atoms with Gasteiger partial charge in [-0.3, -0.25) is 0 Å². The van der Waals surface area contributed by atoms with E-state index >= 15 is 0 Å². The van der Waals surface area contributed by atoms with E-state index in [4.69, 9.17) is 16.7 Å². The highest BCUT2D eigenvalue weighted by atomic mass is 35.5. The molecule has 0 atom stereocenters. The van der Waals surface area contributed by atoms with Crippen molar-refractivity contribution in [1.82, 2.24) is 0 Å². The zero-order valence-corrected chi connectivity index (χ0v) is 8.96. The molecule has 2 nitrogen and oxygen atoms in total. The van der Waals surface area contributed by atoms with Crippen LogP contribution < -0.4 is 4.90 Å². The molecule has 0 aliphatic carbocycles. The molecule has 76 valence electrons. The van der Waals surface area contributed by atoms with E-state index in [2.05, 4.69) is 6.58 Å². The third-order valence-electron chi connectivity index (χ3n) is 2.03. The summed E-state index contributed by atoms with van der Waals surface area (Å²) in [6, 6.07) is 5.51. The average molecular weight is 212 g/mol. The predicted molar refractivity (Wildman–Crippen MR) is 60.8 cm³/mol. The van der Waals surface area contributed by atoms with E-state index in [1.165, 1.54) is 0 Å². The van der Waals surface area contributed by atoms with Crippen molar-refractivity contribution in [3.63, 3.8) is 0 Å². The minimum Gasteiger partial charge on any atom is -0.392 e. The number of hydrogen-bond acceptors (Lipinski definition) is 2. The lowest BCUT2D eigenvalue weighted by Gasteiger charge is -2.21. The van der Waals surface area contributed by atoms with Crippen LogP contribution in [0.5, 0.6) is 0 Å². The molecule has 0 bridgehead atoms. The van der Waals surface area contributed by atoms with E-state index in [-0.39, 0.29) is 6.61 Å². The number of rotatable bonds is 4. The van der Waals surface area contributed by atoms with Gasteiger partial charge < -0.3 is 10.0 Å². The van der Waals surface area contributed by atoms with Crippen LogP contribution in [-0.4, -0.2) is 18.7 Å². The van der Waals surface area contributed by atoms with E-state index in [0.29, 0.717) is 11.6 Å². The largest absolute Gasteiger partial charge is 0.392 e. The maximum Gasteiger partial charge on any atom is 0.0702 e. The van der Waals surface area contributed by atoms with Crippen molar-refractivity contribution in [2.75, 3.05) is 18.5 Å². The molecule has 0 aliphatic rings. The van der Waals surface area contributed by atoms with Gasteiger partial charge in [0.15, 0.2) is 0 Å². The first-order valence-electron chi connectivity index (χ1n) is 4.41. The first-order chi connectivity index (χ1) is 6.70. The number of anilines is 1. The Hall–Kier alpha value is -0.990. The zero-order chi connectivity index (χ0) is 10.6. The number of para-hydroxylation sites is 1. The van der Waals surface area contributed by atoms with Gasteiger partial charge in [-0.25, -0.2) is 0 Å². The number of aliphatic hydroxyl groups is 1. The summed E-state index contributed by atoms with van der Waals surface area (Å²) in [5.41, 5.74) is 1.71. The lowest BCUT2D eigenvalue weighted by Crippen LogP contribution is -2.18. The number of aliphatic hydroxyl groups excluding tert-OH is 1. The molecule has 0 heterocycles. The summed E-state index contributed by atoms with van der Waals surface area (Å²) in [4.78, 5) is 1.96. The summed E-state index contributed by atoms with van der Waals surface area (Å²) in [6.07, 6.45) is 1.80. The summed E-state index contributed by atoms with van der Waals surface area (Å²) in [5, 5.41) is 9.80. The van der Waals surface area contributed by atoms with E-state index < -0.39 is 0 Å². The predicted octanol–water partition coefficient (Wildman–Crippen LogP) is 2.45. The number of nitrogens with zero attached hydrogens (tertiary/aromatic N) is 1. The van der Waals surface area contributed by atoms with Crippen molar-refractivity contribution < 1.29 is 5.11 Å². The van der Waals surface area contributed by atoms with Gasteiger partial charge in [-0.2, -0.15) is 0 Å². The summed E-state index contributed by atoms with van der Waals surface area (Å²) in [6.45, 7) is 4.37. The van der Waals surface area contributed by atoms with E-state index in [9.17, 15) is 0 Å². The van der Waals surface area contributed by atoms with Crippen molar-refractivity contribution in [1.29, 1.82) is 0 Å². The SMILES string of the molecule is C=CCN(C)c1c(Cl)cccc1CO. The second-order valence-electron chi connectivity index (χ2n) is 3.07. The minimum absolute atomic E-state index is 0.00260. The number of benzene rings is 1. The fourth-order valence-electron chi connectivity index (χ4n) is 1.40. The molecule has 0 saturated heterocycles. The van der Waals surface area contributed by atoms with Gasteiger partial charge in [0.2, 0.25) is 0 Å². The minimum atomic E-state index is -0.00260. The summed E-state index contributed by atoms with van der Waals surface area (Å²) < 4.78 is 0. The fraction of sp³-hybridized carbons (Fsp3) is 0.273. The summed E-state index contributed by atoms with van der Waals surface area (Å²) >= 11 is 6.05. The Balaban J connectivity index is 3.09. The quantitative estimate of drug-likeness (QED) is 0.774. The number of hydrogen-bond donors (Lipinski definition) is 1. The maximum absolute atomic E-state index is 9.15. The molecular formula is C11H14ClNO. The number of likely N-dealkylation sites (N-methyl/N-ethyl adjacent to an activating group) is 1. The average Bonchev–Trinajstić information content (AvgIpc) is 2.17. The van der Waals surface area contributed by atoms with Crippen LogP contribution in [0.25, 0.3) is 0 Å². The topological polar surface area (TPSA) is 23.5 Å². The summed E-state index contributed by atoms with van der Waals surface area (Å²) in [7, 11) is 1.92. The monoisotopic (exact) mass is 211 g/mol. The van der Waals surface area contributed by atoms with Crippen molar-refractivity contribution in [3.05, 3.63) is 41.4 Å². The van der Waals surface area contributed by atoms with Gasteiger partial charge in [-0.1, -0.05) is 29.8 Å². The van der Waals surface area contributed by atoms with Gasteiger partial charge in [-0.05, 0) is 6.07 Å². The van der Waals surface area contributed by atoms with Crippen LogP contribution in [0.4, 0.5) is 5.69 Å². The molecule has 0 radical (unpaired) electrons. The normalized spacial score (nSPS) is 9.93. The second kappa shape index (κ2) is 5.03. The number of halogens is 1. The highest BCUT2D eigenvalue weighted by Crippen LogP contribution is 2.28. The first-order valence-corrected chi connectivity index (χ1v) is 4.78. The molecule has 0 fully saturated rings. The van der Waals surface area contributed by atoms with Gasteiger partial charge in [0.1, 0.15) is 0 Å². The van der Waals surface area contributed by atoms with Crippen LogP contribution in [0.2, 0.25) is 5.02 Å². The molecular weight excluding hydrogens is 198 g/mol. The smallest absolute Gasteiger partial charge is 0.0702 e. The van der Waals surface area contributed by atoms with Crippen molar-refractivity contribution in [2.45, 2.75) is 6.61 Å². The molecule has 0 aliphatic heterocycles. The molecule has 0 unspecified atom stereocenters. The highest BCUT2D eigenvalue weighted by Gasteiger charge is 2.09. The molecule has 1 N–H and O–H groups in total. The third-order valence-corrected chi connectivity index (χ3v) is 2.33. The van der Waals surface area contributed by atoms with Gasteiger partial charge in [0.25, 0.3) is 0 Å². The lowest BCUT2D eigenvalue weighted by atomic mass is 10.1.